The topological polar surface area (TPSA) is 52.1 Å². The van der Waals surface area contributed by atoms with E-state index < -0.39 is 0 Å². The molecule has 3 rings (SSSR count). The standard InChI is InChI=1S/C10H6N2O2.C2H6/c1-2-8(10-11-6-14-12-10)7-4-5-13-9(7)3-1;1-2/h1-6H;1-2H3. The van der Waals surface area contributed by atoms with Crippen LogP contribution in [0.1, 0.15) is 13.8 Å². The molecule has 0 aliphatic rings. The second-order valence-corrected chi connectivity index (χ2v) is 2.89. The van der Waals surface area contributed by atoms with Crippen LogP contribution in [0.2, 0.25) is 0 Å². The maximum atomic E-state index is 5.27. The minimum Gasteiger partial charge on any atom is -0.464 e. The lowest BCUT2D eigenvalue weighted by molar-refractivity contribution is 0.419. The van der Waals surface area contributed by atoms with Gasteiger partial charge in [0.2, 0.25) is 12.2 Å². The van der Waals surface area contributed by atoms with E-state index in [4.69, 9.17) is 8.94 Å². The predicted molar refractivity (Wildman–Crippen MR) is 60.9 cm³/mol. The molecule has 0 saturated carbocycles. The van der Waals surface area contributed by atoms with Gasteiger partial charge in [-0.3, -0.25) is 0 Å². The van der Waals surface area contributed by atoms with E-state index in [0.717, 1.165) is 16.5 Å². The predicted octanol–water partition coefficient (Wildman–Crippen LogP) is 3.51. The smallest absolute Gasteiger partial charge is 0.214 e. The Morgan fingerprint density at radius 2 is 2.00 bits per heavy atom. The largest absolute Gasteiger partial charge is 0.464 e. The Bertz CT molecular complexity index is 555. The summed E-state index contributed by atoms with van der Waals surface area (Å²) >= 11 is 0. The molecule has 0 N–H and O–H groups in total. The number of aromatic nitrogens is 2. The van der Waals surface area contributed by atoms with Gasteiger partial charge in [0, 0.05) is 10.9 Å². The summed E-state index contributed by atoms with van der Waals surface area (Å²) < 4.78 is 9.97. The third-order valence-electron chi connectivity index (χ3n) is 2.10. The summed E-state index contributed by atoms with van der Waals surface area (Å²) in [6.07, 6.45) is 2.96. The maximum Gasteiger partial charge on any atom is 0.214 e. The Kier molecular flexibility index (Phi) is 3.00. The quantitative estimate of drug-likeness (QED) is 0.624. The summed E-state index contributed by atoms with van der Waals surface area (Å²) in [5.41, 5.74) is 1.75. The average Bonchev–Trinajstić information content (AvgIpc) is 3.02. The van der Waals surface area contributed by atoms with Crippen molar-refractivity contribution in [2.75, 3.05) is 0 Å². The fraction of sp³-hybridized carbons (Fsp3) is 0.167. The third kappa shape index (κ3) is 1.69. The highest BCUT2D eigenvalue weighted by molar-refractivity contribution is 5.91. The van der Waals surface area contributed by atoms with Crippen molar-refractivity contribution in [2.45, 2.75) is 13.8 Å². The van der Waals surface area contributed by atoms with Gasteiger partial charge in [-0.25, -0.2) is 0 Å². The molecule has 0 aliphatic carbocycles. The Hall–Kier alpha value is -2.10. The monoisotopic (exact) mass is 216 g/mol. The van der Waals surface area contributed by atoms with Gasteiger partial charge in [-0.05, 0) is 12.1 Å². The van der Waals surface area contributed by atoms with Crippen LogP contribution in [0, 0.1) is 0 Å². The zero-order valence-corrected chi connectivity index (χ0v) is 9.18. The van der Waals surface area contributed by atoms with Gasteiger partial charge in [0.25, 0.3) is 0 Å². The van der Waals surface area contributed by atoms with E-state index in [2.05, 4.69) is 10.1 Å². The van der Waals surface area contributed by atoms with E-state index in [-0.39, 0.29) is 0 Å². The van der Waals surface area contributed by atoms with Crippen LogP contribution in [-0.4, -0.2) is 10.1 Å². The first-order valence-electron chi connectivity index (χ1n) is 5.18. The van der Waals surface area contributed by atoms with Crippen LogP contribution in [0.5, 0.6) is 0 Å². The molecule has 1 aromatic carbocycles. The van der Waals surface area contributed by atoms with Gasteiger partial charge in [-0.1, -0.05) is 31.1 Å². The highest BCUT2D eigenvalue weighted by atomic mass is 16.5. The number of furan rings is 1. The molecule has 16 heavy (non-hydrogen) atoms. The van der Waals surface area contributed by atoms with E-state index >= 15 is 0 Å². The summed E-state index contributed by atoms with van der Waals surface area (Å²) in [6.45, 7) is 4.00. The van der Waals surface area contributed by atoms with Gasteiger partial charge in [-0.15, -0.1) is 0 Å². The van der Waals surface area contributed by atoms with Gasteiger partial charge < -0.3 is 8.94 Å². The molecule has 4 nitrogen and oxygen atoms in total. The zero-order valence-electron chi connectivity index (χ0n) is 9.18. The molecule has 2 heterocycles. The van der Waals surface area contributed by atoms with Crippen molar-refractivity contribution in [3.8, 4) is 11.4 Å². The molecule has 0 spiro atoms. The van der Waals surface area contributed by atoms with E-state index in [0.29, 0.717) is 5.82 Å². The molecule has 0 saturated heterocycles. The van der Waals surface area contributed by atoms with Crippen molar-refractivity contribution in [1.82, 2.24) is 10.1 Å². The lowest BCUT2D eigenvalue weighted by atomic mass is 10.1. The van der Waals surface area contributed by atoms with E-state index in [1.807, 2.05) is 38.1 Å². The van der Waals surface area contributed by atoms with Gasteiger partial charge in [0.1, 0.15) is 5.58 Å². The highest BCUT2D eigenvalue weighted by Gasteiger charge is 2.08. The Morgan fingerprint density at radius 1 is 1.12 bits per heavy atom. The first-order chi connectivity index (χ1) is 7.95. The van der Waals surface area contributed by atoms with Crippen molar-refractivity contribution in [3.05, 3.63) is 36.9 Å². The van der Waals surface area contributed by atoms with Gasteiger partial charge in [0.15, 0.2) is 0 Å². The van der Waals surface area contributed by atoms with Crippen LogP contribution >= 0.6 is 0 Å². The summed E-state index contributed by atoms with van der Waals surface area (Å²) in [7, 11) is 0. The minimum absolute atomic E-state index is 0.581. The molecule has 0 aliphatic heterocycles. The van der Waals surface area contributed by atoms with Gasteiger partial charge >= 0.3 is 0 Å². The normalized spacial score (nSPS) is 9.88. The number of rotatable bonds is 1. The second kappa shape index (κ2) is 4.61. The summed E-state index contributed by atoms with van der Waals surface area (Å²) in [6, 6.07) is 7.63. The number of benzene rings is 1. The van der Waals surface area contributed by atoms with Crippen LogP contribution in [0.3, 0.4) is 0 Å². The minimum atomic E-state index is 0.581. The SMILES string of the molecule is CC.c1cc(-c2ncon2)c2ccoc2c1. The molecule has 0 radical (unpaired) electrons. The zero-order chi connectivity index (χ0) is 11.4. The summed E-state index contributed by atoms with van der Waals surface area (Å²) in [5, 5.41) is 4.78. The van der Waals surface area contributed by atoms with E-state index in [1.54, 1.807) is 6.26 Å². The van der Waals surface area contributed by atoms with E-state index in [1.165, 1.54) is 6.39 Å². The highest BCUT2D eigenvalue weighted by Crippen LogP contribution is 2.26. The molecule has 0 atom stereocenters. The molecule has 0 bridgehead atoms. The molecule has 3 aromatic rings. The number of hydrogen-bond donors (Lipinski definition) is 0. The fourth-order valence-corrected chi connectivity index (χ4v) is 1.48. The number of hydrogen-bond acceptors (Lipinski definition) is 4. The molecular weight excluding hydrogens is 204 g/mol. The molecule has 0 fully saturated rings. The molecular formula is C12H12N2O2. The Balaban J connectivity index is 0.000000457. The molecule has 4 heteroatoms. The molecule has 82 valence electrons. The lowest BCUT2D eigenvalue weighted by Crippen LogP contribution is -1.80. The number of nitrogens with zero attached hydrogens (tertiary/aromatic N) is 2. The second-order valence-electron chi connectivity index (χ2n) is 2.89. The summed E-state index contributed by atoms with van der Waals surface area (Å²) in [4.78, 5) is 4.00. The molecule has 0 amide bonds. The Morgan fingerprint density at radius 3 is 2.75 bits per heavy atom. The van der Waals surface area contributed by atoms with Crippen molar-refractivity contribution in [2.24, 2.45) is 0 Å². The lowest BCUT2D eigenvalue weighted by Gasteiger charge is -1.94. The van der Waals surface area contributed by atoms with Crippen molar-refractivity contribution >= 4 is 11.0 Å². The van der Waals surface area contributed by atoms with Crippen LogP contribution < -0.4 is 0 Å². The van der Waals surface area contributed by atoms with E-state index in [9.17, 15) is 0 Å². The van der Waals surface area contributed by atoms with Crippen molar-refractivity contribution in [1.29, 1.82) is 0 Å². The maximum absolute atomic E-state index is 5.27. The van der Waals surface area contributed by atoms with Crippen molar-refractivity contribution < 1.29 is 8.94 Å². The van der Waals surface area contributed by atoms with Gasteiger partial charge in [-0.2, -0.15) is 4.98 Å². The number of fused-ring (bicyclic) bond motifs is 1. The van der Waals surface area contributed by atoms with Crippen LogP contribution in [0.4, 0.5) is 0 Å². The Labute approximate surface area is 92.9 Å². The fourth-order valence-electron chi connectivity index (χ4n) is 1.48. The first-order valence-corrected chi connectivity index (χ1v) is 5.18. The molecule has 0 unspecified atom stereocenters. The van der Waals surface area contributed by atoms with Gasteiger partial charge in [0.05, 0.1) is 6.26 Å². The summed E-state index contributed by atoms with van der Waals surface area (Å²) in [5.74, 6) is 0.581. The van der Waals surface area contributed by atoms with Crippen molar-refractivity contribution in [3.63, 3.8) is 0 Å². The first kappa shape index (κ1) is 10.4. The third-order valence-corrected chi connectivity index (χ3v) is 2.10. The van der Waals surface area contributed by atoms with Crippen LogP contribution in [0.25, 0.3) is 22.4 Å². The molecule has 2 aromatic heterocycles. The van der Waals surface area contributed by atoms with Crippen LogP contribution in [-0.2, 0) is 0 Å². The van der Waals surface area contributed by atoms with Crippen LogP contribution in [0.15, 0.2) is 45.9 Å². The average molecular weight is 216 g/mol.